The van der Waals surface area contributed by atoms with E-state index in [0.717, 1.165) is 30.3 Å². The van der Waals surface area contributed by atoms with Crippen molar-refractivity contribution < 1.29 is 58.6 Å². The van der Waals surface area contributed by atoms with Crippen LogP contribution in [0.3, 0.4) is 0 Å². The number of hydrogen-bond donors (Lipinski definition) is 6. The van der Waals surface area contributed by atoms with E-state index in [0.29, 0.717) is 34.3 Å². The maximum Gasteiger partial charge on any atom is 0.296 e. The van der Waals surface area contributed by atoms with Crippen molar-refractivity contribution in [3.05, 3.63) is 97.1 Å². The molecule has 26 heteroatoms. The summed E-state index contributed by atoms with van der Waals surface area (Å²) in [6, 6.07) is 21.5. The van der Waals surface area contributed by atoms with Gasteiger partial charge in [0.25, 0.3) is 30.4 Å². The third kappa shape index (κ3) is 12.0. The van der Waals surface area contributed by atoms with Gasteiger partial charge in [0.15, 0.2) is 5.75 Å². The minimum atomic E-state index is -5.21. The maximum absolute atomic E-state index is 12.6. The van der Waals surface area contributed by atoms with Crippen molar-refractivity contribution >= 4 is 170 Å². The Bertz CT molecular complexity index is 3090. The number of phenolic OH excluding ortho intramolecular Hbond substituents is 2. The first-order valence-electron chi connectivity index (χ1n) is 16.3. The Hall–Kier alpha value is -3.89. The molecule has 307 valence electrons. The zero-order valence-corrected chi connectivity index (χ0v) is 41.7. The van der Waals surface area contributed by atoms with Crippen LogP contribution in [0.2, 0.25) is 0 Å². The number of azo groups is 3. The van der Waals surface area contributed by atoms with Gasteiger partial charge in [0.1, 0.15) is 49.8 Å². The molecule has 0 aliphatic carbocycles. The Morgan fingerprint density at radius 2 is 0.935 bits per heavy atom. The second kappa shape index (κ2) is 21.2. The fraction of sp³-hybridized carbons (Fsp3) is 0.0556. The molecule has 20 nitrogen and oxygen atoms in total. The molecule has 6 rings (SSSR count). The molecule has 0 saturated carbocycles. The second-order valence-corrected chi connectivity index (χ2v) is 16.3. The van der Waals surface area contributed by atoms with E-state index in [4.69, 9.17) is 15.2 Å². The summed E-state index contributed by atoms with van der Waals surface area (Å²) >= 11 is 0. The van der Waals surface area contributed by atoms with Gasteiger partial charge in [-0.1, -0.05) is 12.1 Å². The van der Waals surface area contributed by atoms with E-state index < -0.39 is 78.6 Å². The molecule has 3 radical (unpaired) electrons. The number of nitrogens with zero attached hydrogens (tertiary/aromatic N) is 6. The number of methoxy groups -OCH3 is 2. The van der Waals surface area contributed by atoms with Gasteiger partial charge < -0.3 is 25.4 Å². The Balaban J connectivity index is 0.00000341. The van der Waals surface area contributed by atoms with E-state index in [1.54, 1.807) is 42.5 Å². The number of fused-ring (bicyclic) bond motifs is 1. The molecule has 0 heterocycles. The van der Waals surface area contributed by atoms with E-state index in [1.807, 2.05) is 0 Å². The van der Waals surface area contributed by atoms with Crippen LogP contribution in [0.4, 0.5) is 39.8 Å². The van der Waals surface area contributed by atoms with Gasteiger partial charge in [0, 0.05) is 88.7 Å². The molecule has 0 saturated heterocycles. The topological polar surface area (TPSA) is 322 Å². The molecule has 0 spiro atoms. The number of hydrogen-bond acceptors (Lipinski definition) is 17. The van der Waals surface area contributed by atoms with E-state index in [-0.39, 0.29) is 112 Å². The Kier molecular flexibility index (Phi) is 17.9. The third-order valence-corrected chi connectivity index (χ3v) is 10.9. The number of aromatic hydroxyl groups is 2. The van der Waals surface area contributed by atoms with Crippen LogP contribution in [0.15, 0.2) is 142 Å². The summed E-state index contributed by atoms with van der Waals surface area (Å²) in [5.74, 6) is -0.418. The predicted octanol–water partition coefficient (Wildman–Crippen LogP) is 7.36. The predicted molar refractivity (Wildman–Crippen MR) is 229 cm³/mol. The van der Waals surface area contributed by atoms with Gasteiger partial charge in [0.2, 0.25) is 0 Å². The average Bonchev–Trinajstić information content (AvgIpc) is 3.18. The van der Waals surface area contributed by atoms with Crippen LogP contribution in [0.1, 0.15) is 0 Å². The number of phenols is 2. The van der Waals surface area contributed by atoms with Gasteiger partial charge in [-0.3, -0.25) is 13.7 Å². The molecule has 6 aromatic carbocycles. The van der Waals surface area contributed by atoms with Crippen LogP contribution in [-0.4, -0.2) is 152 Å². The summed E-state index contributed by atoms with van der Waals surface area (Å²) in [5, 5.41) is 43.9. The van der Waals surface area contributed by atoms with Crippen molar-refractivity contribution in [2.45, 2.75) is 14.7 Å². The number of anilines is 1. The molecule has 0 aliphatic rings. The van der Waals surface area contributed by atoms with Crippen molar-refractivity contribution in [3.8, 4) is 34.1 Å². The first-order chi connectivity index (χ1) is 27.8. The fourth-order valence-corrected chi connectivity index (χ4v) is 7.32. The van der Waals surface area contributed by atoms with Gasteiger partial charge >= 0.3 is 0 Å². The van der Waals surface area contributed by atoms with E-state index in [9.17, 15) is 49.1 Å². The molecular weight excluding hydrogens is 904 g/mol. The summed E-state index contributed by atoms with van der Waals surface area (Å²) < 4.78 is 113. The Labute approximate surface area is 420 Å². The zero-order valence-electron chi connectivity index (χ0n) is 33.2. The summed E-state index contributed by atoms with van der Waals surface area (Å²) in [5.41, 5.74) is 6.27. The van der Waals surface area contributed by atoms with Crippen LogP contribution in [0.25, 0.3) is 21.9 Å². The fourth-order valence-electron chi connectivity index (χ4n) is 5.51. The van der Waals surface area contributed by atoms with Gasteiger partial charge in [-0.25, -0.2) is 0 Å². The van der Waals surface area contributed by atoms with E-state index in [2.05, 4.69) is 30.7 Å². The third-order valence-electron chi connectivity index (χ3n) is 8.34. The van der Waals surface area contributed by atoms with Gasteiger partial charge in [-0.15, -0.1) is 20.5 Å². The van der Waals surface area contributed by atoms with Crippen molar-refractivity contribution in [2.75, 3.05) is 20.0 Å². The summed E-state index contributed by atoms with van der Waals surface area (Å²) in [4.78, 5) is -2.49. The monoisotopic (exact) mass is 932 g/mol. The van der Waals surface area contributed by atoms with Crippen molar-refractivity contribution in [2.24, 2.45) is 30.7 Å². The molecule has 7 N–H and O–H groups in total. The number of nitrogen functional groups attached to an aromatic ring is 1. The van der Waals surface area contributed by atoms with Crippen LogP contribution < -0.4 is 15.2 Å². The number of nitrogens with two attached hydrogens (primary N) is 1. The molecule has 0 aliphatic heterocycles. The van der Waals surface area contributed by atoms with Crippen LogP contribution in [-0.2, 0) is 30.4 Å². The van der Waals surface area contributed by atoms with Crippen molar-refractivity contribution in [1.29, 1.82) is 0 Å². The SMILES string of the molecule is COc1cc(-c2ccc(N=Nc3c(S(=O)(=O)O)cc4cc(S(=O)(=O)O)c(N=Nc5ccc(S(=O)(=O)O)cc5)c(O)c4c3N)c(OC)c2)ccc1N=Nc1ccc(O)cc1.[Na].[Na].[Na]. The van der Waals surface area contributed by atoms with Crippen molar-refractivity contribution in [3.63, 3.8) is 0 Å². The zero-order chi connectivity index (χ0) is 42.9. The molecule has 0 atom stereocenters. The van der Waals surface area contributed by atoms with Crippen LogP contribution >= 0.6 is 0 Å². The molecule has 6 aromatic rings. The van der Waals surface area contributed by atoms with E-state index in [1.165, 1.54) is 32.4 Å². The Morgan fingerprint density at radius 1 is 0.516 bits per heavy atom. The maximum atomic E-state index is 12.6. The number of benzene rings is 6. The smallest absolute Gasteiger partial charge is 0.296 e. The molecular formula is C36H29N7Na3O13S3. The normalized spacial score (nSPS) is 12.0. The van der Waals surface area contributed by atoms with Crippen LogP contribution in [0, 0.1) is 0 Å². The van der Waals surface area contributed by atoms with Crippen LogP contribution in [0.5, 0.6) is 23.0 Å². The molecule has 0 aromatic heterocycles. The second-order valence-electron chi connectivity index (χ2n) is 12.1. The minimum absolute atomic E-state index is 0. The standard InChI is InChI=1S/C36H29N7O13S3.3Na/c1-55-28-15-19(3-13-26(28)40-38-22-5-9-24(44)10-6-22)20-4-14-27(29(16-20)56-2)41-42-34-30(58(49,50)51)17-21-18-31(59(52,53)54)35(36(45)32(21)33(34)37)43-39-23-7-11-25(12-8-23)57(46,47)48;;;/h3-18,44-45H,37H2,1-2H3,(H,46,47,48)(H,49,50,51)(H,52,53,54);;;. The van der Waals surface area contributed by atoms with Gasteiger partial charge in [-0.2, -0.15) is 35.5 Å². The first-order valence-corrected chi connectivity index (χ1v) is 20.7. The van der Waals surface area contributed by atoms with E-state index >= 15 is 0 Å². The largest absolute Gasteiger partial charge is 0.508 e. The van der Waals surface area contributed by atoms with Gasteiger partial charge in [-0.05, 0) is 101 Å². The minimum Gasteiger partial charge on any atom is -0.508 e. The quantitative estimate of drug-likeness (QED) is 0.0302. The summed E-state index contributed by atoms with van der Waals surface area (Å²) in [6.45, 7) is 0. The number of rotatable bonds is 12. The molecule has 0 amide bonds. The molecule has 62 heavy (non-hydrogen) atoms. The summed E-state index contributed by atoms with van der Waals surface area (Å²) in [7, 11) is -12.1. The molecule has 0 fully saturated rings. The van der Waals surface area contributed by atoms with Crippen molar-refractivity contribution in [1.82, 2.24) is 0 Å². The average molecular weight is 933 g/mol. The van der Waals surface area contributed by atoms with Gasteiger partial charge in [0.05, 0.1) is 41.6 Å². The molecule has 0 bridgehead atoms. The number of ether oxygens (including phenoxy) is 2. The Morgan fingerprint density at radius 3 is 1.39 bits per heavy atom. The summed E-state index contributed by atoms with van der Waals surface area (Å²) in [6.07, 6.45) is 0. The molecule has 0 unspecified atom stereocenters. The first kappa shape index (κ1) is 52.5.